The SMILES string of the molecule is CN[C@@H]1[C@H](O)[C@@H]2CC[C@@]1(C)C2(C)C. The molecule has 0 aromatic rings. The Morgan fingerprint density at radius 3 is 2.23 bits per heavy atom. The van der Waals surface area contributed by atoms with Gasteiger partial charge < -0.3 is 10.4 Å². The van der Waals surface area contributed by atoms with Crippen molar-refractivity contribution in [3.05, 3.63) is 0 Å². The fraction of sp³-hybridized carbons (Fsp3) is 1.00. The van der Waals surface area contributed by atoms with Crippen LogP contribution in [0.1, 0.15) is 33.6 Å². The van der Waals surface area contributed by atoms with Gasteiger partial charge in [-0.25, -0.2) is 0 Å². The number of hydrogen-bond acceptors (Lipinski definition) is 2. The fourth-order valence-electron chi connectivity index (χ4n) is 3.81. The zero-order chi connectivity index (χ0) is 9.85. The molecule has 0 aliphatic heterocycles. The van der Waals surface area contributed by atoms with Crippen LogP contribution in [0.25, 0.3) is 0 Å². The molecule has 2 bridgehead atoms. The van der Waals surface area contributed by atoms with Crippen molar-refractivity contribution < 1.29 is 5.11 Å². The Balaban J connectivity index is 2.40. The van der Waals surface area contributed by atoms with Crippen LogP contribution in [0, 0.1) is 16.7 Å². The van der Waals surface area contributed by atoms with Gasteiger partial charge >= 0.3 is 0 Å². The van der Waals surface area contributed by atoms with Gasteiger partial charge in [-0.1, -0.05) is 20.8 Å². The Bertz CT molecular complexity index is 226. The minimum absolute atomic E-state index is 0.140. The molecule has 2 aliphatic rings. The molecule has 0 aromatic heterocycles. The molecule has 0 radical (unpaired) electrons. The third kappa shape index (κ3) is 0.861. The van der Waals surface area contributed by atoms with Gasteiger partial charge in [0.2, 0.25) is 0 Å². The number of hydrogen-bond donors (Lipinski definition) is 2. The van der Waals surface area contributed by atoms with Crippen LogP contribution in [0.4, 0.5) is 0 Å². The fourth-order valence-corrected chi connectivity index (χ4v) is 3.81. The Morgan fingerprint density at radius 2 is 1.92 bits per heavy atom. The molecule has 4 atom stereocenters. The van der Waals surface area contributed by atoms with E-state index < -0.39 is 0 Å². The number of rotatable bonds is 1. The van der Waals surface area contributed by atoms with Gasteiger partial charge in [-0.05, 0) is 36.6 Å². The summed E-state index contributed by atoms with van der Waals surface area (Å²) < 4.78 is 0. The molecule has 2 N–H and O–H groups in total. The minimum Gasteiger partial charge on any atom is -0.391 e. The predicted molar refractivity (Wildman–Crippen MR) is 53.5 cm³/mol. The standard InChI is InChI=1S/C11H21NO/c1-10(2)7-5-6-11(10,3)9(12-4)8(7)13/h7-9,12-13H,5-6H2,1-4H3/t7-,8+,9+,11+/m0/s1. The molecule has 0 unspecified atom stereocenters. The molecule has 2 aliphatic carbocycles. The molecular formula is C11H21NO. The summed E-state index contributed by atoms with van der Waals surface area (Å²) in [4.78, 5) is 0. The first-order valence-electron chi connectivity index (χ1n) is 5.30. The average molecular weight is 183 g/mol. The molecule has 0 heterocycles. The second-order valence-corrected chi connectivity index (χ2v) is 5.54. The van der Waals surface area contributed by atoms with E-state index >= 15 is 0 Å². The third-order valence-corrected chi connectivity index (χ3v) is 5.12. The van der Waals surface area contributed by atoms with Crippen molar-refractivity contribution in [3.8, 4) is 0 Å². The topological polar surface area (TPSA) is 32.3 Å². The number of aliphatic hydroxyl groups is 1. The maximum Gasteiger partial charge on any atom is 0.0732 e. The third-order valence-electron chi connectivity index (χ3n) is 5.12. The second kappa shape index (κ2) is 2.48. The molecule has 0 spiro atoms. The van der Waals surface area contributed by atoms with Crippen LogP contribution in [0.3, 0.4) is 0 Å². The van der Waals surface area contributed by atoms with Crippen molar-refractivity contribution in [2.75, 3.05) is 7.05 Å². The maximum absolute atomic E-state index is 10.1. The highest BCUT2D eigenvalue weighted by atomic mass is 16.3. The molecular weight excluding hydrogens is 162 g/mol. The largest absolute Gasteiger partial charge is 0.391 e. The monoisotopic (exact) mass is 183 g/mol. The molecule has 0 aromatic carbocycles. The Morgan fingerprint density at radius 1 is 1.31 bits per heavy atom. The first-order chi connectivity index (χ1) is 5.95. The summed E-state index contributed by atoms with van der Waals surface area (Å²) in [5.41, 5.74) is 0.575. The Labute approximate surface area is 80.7 Å². The summed E-state index contributed by atoms with van der Waals surface area (Å²) in [6, 6.07) is 0.293. The van der Waals surface area contributed by atoms with Gasteiger partial charge in [0.25, 0.3) is 0 Å². The number of aliphatic hydroxyl groups excluding tert-OH is 1. The van der Waals surface area contributed by atoms with E-state index in [0.29, 0.717) is 17.4 Å². The summed E-state index contributed by atoms with van der Waals surface area (Å²) in [6.07, 6.45) is 2.31. The molecule has 0 saturated heterocycles. The Hall–Kier alpha value is -0.0800. The zero-order valence-electron chi connectivity index (χ0n) is 9.09. The Kier molecular flexibility index (Phi) is 1.81. The van der Waals surface area contributed by atoms with Crippen LogP contribution >= 0.6 is 0 Å². The van der Waals surface area contributed by atoms with Crippen LogP contribution in [-0.4, -0.2) is 24.3 Å². The second-order valence-electron chi connectivity index (χ2n) is 5.54. The van der Waals surface area contributed by atoms with Crippen molar-refractivity contribution >= 4 is 0 Å². The van der Waals surface area contributed by atoms with E-state index in [-0.39, 0.29) is 11.5 Å². The number of fused-ring (bicyclic) bond motifs is 2. The van der Waals surface area contributed by atoms with Gasteiger partial charge in [-0.3, -0.25) is 0 Å². The molecule has 2 heteroatoms. The van der Waals surface area contributed by atoms with Crippen molar-refractivity contribution in [1.82, 2.24) is 5.32 Å². The summed E-state index contributed by atoms with van der Waals surface area (Å²) in [6.45, 7) is 6.95. The van der Waals surface area contributed by atoms with E-state index in [1.807, 2.05) is 7.05 Å². The molecule has 0 amide bonds. The number of likely N-dealkylation sites (N-methyl/N-ethyl adjacent to an activating group) is 1. The molecule has 2 rings (SSSR count). The normalized spacial score (nSPS) is 52.8. The van der Waals surface area contributed by atoms with E-state index in [9.17, 15) is 5.11 Å². The van der Waals surface area contributed by atoms with Gasteiger partial charge in [0.15, 0.2) is 0 Å². The average Bonchev–Trinajstić information content (AvgIpc) is 2.32. The lowest BCUT2D eigenvalue weighted by atomic mass is 9.69. The van der Waals surface area contributed by atoms with Crippen LogP contribution in [-0.2, 0) is 0 Å². The zero-order valence-corrected chi connectivity index (χ0v) is 9.09. The molecule has 76 valence electrons. The van der Waals surface area contributed by atoms with Gasteiger partial charge in [0, 0.05) is 6.04 Å². The first kappa shape index (κ1) is 9.47. The predicted octanol–water partition coefficient (Wildman–Crippen LogP) is 1.39. The van der Waals surface area contributed by atoms with Crippen LogP contribution in [0.5, 0.6) is 0 Å². The summed E-state index contributed by atoms with van der Waals surface area (Å²) in [7, 11) is 1.97. The van der Waals surface area contributed by atoms with Gasteiger partial charge in [0.1, 0.15) is 0 Å². The quantitative estimate of drug-likeness (QED) is 0.644. The minimum atomic E-state index is -0.140. The highest BCUT2D eigenvalue weighted by molar-refractivity contribution is 5.17. The highest BCUT2D eigenvalue weighted by Gasteiger charge is 2.65. The summed E-state index contributed by atoms with van der Waals surface area (Å²) >= 11 is 0. The summed E-state index contributed by atoms with van der Waals surface area (Å²) in [5.74, 6) is 0.495. The van der Waals surface area contributed by atoms with E-state index in [0.717, 1.165) is 0 Å². The van der Waals surface area contributed by atoms with Crippen molar-refractivity contribution in [2.45, 2.75) is 45.8 Å². The number of nitrogens with one attached hydrogen (secondary N) is 1. The molecule has 2 nitrogen and oxygen atoms in total. The van der Waals surface area contributed by atoms with Gasteiger partial charge in [0.05, 0.1) is 6.10 Å². The van der Waals surface area contributed by atoms with E-state index in [1.54, 1.807) is 0 Å². The van der Waals surface area contributed by atoms with Crippen LogP contribution < -0.4 is 5.32 Å². The van der Waals surface area contributed by atoms with Crippen LogP contribution in [0.15, 0.2) is 0 Å². The molecule has 13 heavy (non-hydrogen) atoms. The van der Waals surface area contributed by atoms with E-state index in [1.165, 1.54) is 12.8 Å². The van der Waals surface area contributed by atoms with E-state index in [2.05, 4.69) is 26.1 Å². The van der Waals surface area contributed by atoms with E-state index in [4.69, 9.17) is 0 Å². The first-order valence-corrected chi connectivity index (χ1v) is 5.30. The smallest absolute Gasteiger partial charge is 0.0732 e. The molecule has 2 fully saturated rings. The maximum atomic E-state index is 10.1. The molecule has 2 saturated carbocycles. The summed E-state index contributed by atoms with van der Waals surface area (Å²) in [5, 5.41) is 13.4. The van der Waals surface area contributed by atoms with Crippen molar-refractivity contribution in [2.24, 2.45) is 16.7 Å². The van der Waals surface area contributed by atoms with Gasteiger partial charge in [-0.15, -0.1) is 0 Å². The highest BCUT2D eigenvalue weighted by Crippen LogP contribution is 2.65. The lowest BCUT2D eigenvalue weighted by molar-refractivity contribution is 0.0618. The lowest BCUT2D eigenvalue weighted by Gasteiger charge is -2.39. The van der Waals surface area contributed by atoms with Crippen molar-refractivity contribution in [3.63, 3.8) is 0 Å². The van der Waals surface area contributed by atoms with Gasteiger partial charge in [-0.2, -0.15) is 0 Å². The van der Waals surface area contributed by atoms with Crippen LogP contribution in [0.2, 0.25) is 0 Å². The van der Waals surface area contributed by atoms with Crippen molar-refractivity contribution in [1.29, 1.82) is 0 Å². The lowest BCUT2D eigenvalue weighted by Crippen LogP contribution is -2.48.